The number of carbonyl (C=O) groups excluding carboxylic acids is 2. The van der Waals surface area contributed by atoms with E-state index in [-0.39, 0.29) is 35.9 Å². The quantitative estimate of drug-likeness (QED) is 0.687. The molecular weight excluding hydrogens is 340 g/mol. The summed E-state index contributed by atoms with van der Waals surface area (Å²) in [6.07, 6.45) is 0. The summed E-state index contributed by atoms with van der Waals surface area (Å²) in [5, 5.41) is 11.7. The Balaban J connectivity index is 2.94. The number of carbonyl (C=O) groups is 3. The Labute approximate surface area is 153 Å². The highest BCUT2D eigenvalue weighted by Crippen LogP contribution is 2.28. The molecule has 0 atom stereocenters. The van der Waals surface area contributed by atoms with Crippen LogP contribution in [0.2, 0.25) is 0 Å². The molecule has 26 heavy (non-hydrogen) atoms. The number of nitrogens with one attached hydrogen (secondary N) is 1. The van der Waals surface area contributed by atoms with Crippen LogP contribution in [0.25, 0.3) is 0 Å². The van der Waals surface area contributed by atoms with Gasteiger partial charge in [0.2, 0.25) is 0 Å². The first kappa shape index (κ1) is 21.3. The van der Waals surface area contributed by atoms with Gasteiger partial charge >= 0.3 is 5.97 Å². The zero-order valence-electron chi connectivity index (χ0n) is 15.7. The van der Waals surface area contributed by atoms with E-state index in [0.717, 1.165) is 0 Å². The van der Waals surface area contributed by atoms with E-state index in [1.54, 1.807) is 13.8 Å². The molecule has 0 aliphatic rings. The summed E-state index contributed by atoms with van der Waals surface area (Å²) < 4.78 is 10.7. The average molecular weight is 366 g/mol. The molecule has 8 nitrogen and oxygen atoms in total. The van der Waals surface area contributed by atoms with E-state index < -0.39 is 18.4 Å². The van der Waals surface area contributed by atoms with Crippen molar-refractivity contribution in [3.63, 3.8) is 0 Å². The van der Waals surface area contributed by atoms with E-state index in [2.05, 4.69) is 5.32 Å². The summed E-state index contributed by atoms with van der Waals surface area (Å²) in [4.78, 5) is 36.5. The first-order valence-electron chi connectivity index (χ1n) is 8.28. The smallest absolute Gasteiger partial charge is 0.323 e. The molecule has 0 heterocycles. The van der Waals surface area contributed by atoms with Crippen molar-refractivity contribution in [2.24, 2.45) is 0 Å². The van der Waals surface area contributed by atoms with Crippen LogP contribution in [-0.2, 0) is 9.59 Å². The van der Waals surface area contributed by atoms with E-state index in [1.807, 2.05) is 13.8 Å². The number of amides is 2. The molecule has 0 spiro atoms. The van der Waals surface area contributed by atoms with Gasteiger partial charge in [0.05, 0.1) is 7.11 Å². The fraction of sp³-hybridized carbons (Fsp3) is 0.500. The third-order valence-corrected chi connectivity index (χ3v) is 3.41. The second-order valence-electron chi connectivity index (χ2n) is 6.30. The number of nitrogens with zero attached hydrogens (tertiary/aromatic N) is 1. The third-order valence-electron chi connectivity index (χ3n) is 3.41. The van der Waals surface area contributed by atoms with Crippen molar-refractivity contribution in [2.45, 2.75) is 39.8 Å². The molecule has 0 aliphatic heterocycles. The third kappa shape index (κ3) is 6.27. The van der Waals surface area contributed by atoms with Gasteiger partial charge in [-0.05, 0) is 45.9 Å². The average Bonchev–Trinajstić information content (AvgIpc) is 2.56. The number of ether oxygens (including phenoxy) is 2. The molecule has 0 aromatic heterocycles. The second-order valence-corrected chi connectivity index (χ2v) is 6.30. The van der Waals surface area contributed by atoms with Gasteiger partial charge in [-0.15, -0.1) is 0 Å². The molecule has 0 bridgehead atoms. The van der Waals surface area contributed by atoms with Crippen molar-refractivity contribution < 1.29 is 29.0 Å². The summed E-state index contributed by atoms with van der Waals surface area (Å²) in [7, 11) is 1.42. The summed E-state index contributed by atoms with van der Waals surface area (Å²) in [5.41, 5.74) is 0.274. The van der Waals surface area contributed by atoms with Crippen molar-refractivity contribution in [3.8, 4) is 11.5 Å². The highest BCUT2D eigenvalue weighted by molar-refractivity contribution is 5.96. The summed E-state index contributed by atoms with van der Waals surface area (Å²) in [6, 6.07) is 4.23. The molecule has 1 rings (SSSR count). The van der Waals surface area contributed by atoms with Crippen molar-refractivity contribution in [2.75, 3.05) is 20.3 Å². The van der Waals surface area contributed by atoms with Crippen LogP contribution < -0.4 is 14.8 Å². The number of rotatable bonds is 9. The molecule has 0 fully saturated rings. The lowest BCUT2D eigenvalue weighted by atomic mass is 10.1. The van der Waals surface area contributed by atoms with Crippen molar-refractivity contribution in [1.29, 1.82) is 0 Å². The number of benzene rings is 1. The summed E-state index contributed by atoms with van der Waals surface area (Å²) in [6.45, 7) is 6.59. The van der Waals surface area contributed by atoms with E-state index in [1.165, 1.54) is 30.2 Å². The first-order chi connectivity index (χ1) is 12.1. The maximum Gasteiger partial charge on any atom is 0.323 e. The monoisotopic (exact) mass is 366 g/mol. The van der Waals surface area contributed by atoms with E-state index >= 15 is 0 Å². The molecule has 0 saturated carbocycles. The van der Waals surface area contributed by atoms with Crippen LogP contribution >= 0.6 is 0 Å². The fourth-order valence-electron chi connectivity index (χ4n) is 2.23. The second kappa shape index (κ2) is 9.65. The predicted octanol–water partition coefficient (Wildman–Crippen LogP) is 1.53. The maximum atomic E-state index is 12.6. The molecule has 8 heteroatoms. The highest BCUT2D eigenvalue weighted by atomic mass is 16.5. The SMILES string of the molecule is COc1cc(C(=O)N(CC(=O)O)C(C)C)ccc1OCC(=O)NC(C)C. The van der Waals surface area contributed by atoms with Crippen molar-refractivity contribution in [3.05, 3.63) is 23.8 Å². The predicted molar refractivity (Wildman–Crippen MR) is 95.6 cm³/mol. The van der Waals surface area contributed by atoms with E-state index in [4.69, 9.17) is 14.6 Å². The van der Waals surface area contributed by atoms with Gasteiger partial charge < -0.3 is 24.8 Å². The summed E-state index contributed by atoms with van der Waals surface area (Å²) >= 11 is 0. The van der Waals surface area contributed by atoms with Crippen LogP contribution in [0.15, 0.2) is 18.2 Å². The fourth-order valence-corrected chi connectivity index (χ4v) is 2.23. The van der Waals surface area contributed by atoms with Gasteiger partial charge in [0, 0.05) is 17.6 Å². The molecular formula is C18H26N2O6. The number of hydrogen-bond donors (Lipinski definition) is 2. The molecule has 144 valence electrons. The van der Waals surface area contributed by atoms with Crippen LogP contribution in [-0.4, -0.2) is 60.1 Å². The van der Waals surface area contributed by atoms with Crippen LogP contribution in [0.4, 0.5) is 0 Å². The van der Waals surface area contributed by atoms with Gasteiger partial charge in [-0.3, -0.25) is 14.4 Å². The highest BCUT2D eigenvalue weighted by Gasteiger charge is 2.22. The van der Waals surface area contributed by atoms with Gasteiger partial charge in [0.1, 0.15) is 6.54 Å². The van der Waals surface area contributed by atoms with Crippen LogP contribution in [0.3, 0.4) is 0 Å². The number of hydrogen-bond acceptors (Lipinski definition) is 5. The largest absolute Gasteiger partial charge is 0.493 e. The van der Waals surface area contributed by atoms with Gasteiger partial charge in [-0.25, -0.2) is 0 Å². The normalized spacial score (nSPS) is 10.6. The molecule has 0 unspecified atom stereocenters. The number of carboxylic acids is 1. The minimum atomic E-state index is -1.09. The van der Waals surface area contributed by atoms with Crippen LogP contribution in [0.1, 0.15) is 38.1 Å². The van der Waals surface area contributed by atoms with Gasteiger partial charge in [0.15, 0.2) is 18.1 Å². The molecule has 2 amide bonds. The number of carboxylic acid groups (broad SMARTS) is 1. The zero-order valence-corrected chi connectivity index (χ0v) is 15.7. The summed E-state index contributed by atoms with van der Waals surface area (Å²) in [5.74, 6) is -1.18. The minimum Gasteiger partial charge on any atom is -0.493 e. The van der Waals surface area contributed by atoms with Crippen LogP contribution in [0.5, 0.6) is 11.5 Å². The molecule has 1 aromatic carbocycles. The lowest BCUT2D eigenvalue weighted by Gasteiger charge is -2.25. The Bertz CT molecular complexity index is 657. The number of aliphatic carboxylic acids is 1. The van der Waals surface area contributed by atoms with Crippen molar-refractivity contribution in [1.82, 2.24) is 10.2 Å². The molecule has 0 aliphatic carbocycles. The maximum absolute atomic E-state index is 12.6. The molecule has 2 N–H and O–H groups in total. The Morgan fingerprint density at radius 2 is 1.81 bits per heavy atom. The Kier molecular flexibility index (Phi) is 7.89. The standard InChI is InChI=1S/C18H26N2O6/c1-11(2)19-16(21)10-26-14-7-6-13(8-15(14)25-5)18(24)20(12(3)4)9-17(22)23/h6-8,11-12H,9-10H2,1-5H3,(H,19,21)(H,22,23). The molecule has 0 saturated heterocycles. The minimum absolute atomic E-state index is 0.00393. The van der Waals surface area contributed by atoms with E-state index in [9.17, 15) is 14.4 Å². The number of methoxy groups -OCH3 is 1. The zero-order chi connectivity index (χ0) is 19.9. The molecule has 1 aromatic rings. The van der Waals surface area contributed by atoms with Crippen molar-refractivity contribution >= 4 is 17.8 Å². The first-order valence-corrected chi connectivity index (χ1v) is 8.28. The Morgan fingerprint density at radius 3 is 2.31 bits per heavy atom. The lowest BCUT2D eigenvalue weighted by molar-refractivity contribution is -0.138. The van der Waals surface area contributed by atoms with Gasteiger partial charge in [-0.2, -0.15) is 0 Å². The van der Waals surface area contributed by atoms with Crippen LogP contribution in [0, 0.1) is 0 Å². The lowest BCUT2D eigenvalue weighted by Crippen LogP contribution is -2.40. The van der Waals surface area contributed by atoms with E-state index in [0.29, 0.717) is 5.75 Å². The molecule has 0 radical (unpaired) electrons. The Morgan fingerprint density at radius 1 is 1.15 bits per heavy atom. The Hall–Kier alpha value is -2.77. The topological polar surface area (TPSA) is 105 Å². The van der Waals surface area contributed by atoms with Gasteiger partial charge in [-0.1, -0.05) is 0 Å². The van der Waals surface area contributed by atoms with Gasteiger partial charge in [0.25, 0.3) is 11.8 Å².